The summed E-state index contributed by atoms with van der Waals surface area (Å²) in [5.41, 5.74) is 7.12. The molecule has 1 fully saturated rings. The molecule has 7 heteroatoms. The van der Waals surface area contributed by atoms with E-state index in [9.17, 15) is 5.11 Å². The third-order valence-electron chi connectivity index (χ3n) is 8.07. The molecule has 1 unspecified atom stereocenters. The van der Waals surface area contributed by atoms with Crippen molar-refractivity contribution in [3.63, 3.8) is 0 Å². The van der Waals surface area contributed by atoms with Crippen LogP contribution in [0.4, 0.5) is 0 Å². The quantitative estimate of drug-likeness (QED) is 0.271. The molecule has 0 saturated carbocycles. The number of rotatable bonds is 6. The number of aromatic nitrogens is 3. The highest BCUT2D eigenvalue weighted by atomic mass is 32.1. The van der Waals surface area contributed by atoms with Gasteiger partial charge in [0, 0.05) is 53.4 Å². The Bertz CT molecular complexity index is 1660. The van der Waals surface area contributed by atoms with Crippen LogP contribution in [0.3, 0.4) is 0 Å². The van der Waals surface area contributed by atoms with Gasteiger partial charge in [-0.1, -0.05) is 42.0 Å². The molecule has 3 aromatic heterocycles. The first kappa shape index (κ1) is 25.2. The van der Waals surface area contributed by atoms with Crippen LogP contribution in [-0.4, -0.2) is 44.2 Å². The fourth-order valence-corrected chi connectivity index (χ4v) is 6.77. The number of para-hydroxylation sites is 1. The van der Waals surface area contributed by atoms with E-state index in [4.69, 9.17) is 14.7 Å². The Labute approximate surface area is 238 Å². The molecule has 1 N–H and O–H groups in total. The summed E-state index contributed by atoms with van der Waals surface area (Å²) in [6, 6.07) is 22.9. The molecule has 1 atom stereocenters. The van der Waals surface area contributed by atoms with E-state index < -0.39 is 6.10 Å². The average Bonchev–Trinajstić information content (AvgIpc) is 3.65. The molecule has 0 spiro atoms. The number of ether oxygens (including phenoxy) is 1. The molecule has 1 saturated heterocycles. The lowest BCUT2D eigenvalue weighted by molar-refractivity contribution is 0.161. The number of piperidine rings is 1. The van der Waals surface area contributed by atoms with Crippen LogP contribution in [0.15, 0.2) is 90.1 Å². The summed E-state index contributed by atoms with van der Waals surface area (Å²) in [5.74, 6) is 1.87. The van der Waals surface area contributed by atoms with E-state index in [1.54, 1.807) is 11.3 Å². The predicted molar refractivity (Wildman–Crippen MR) is 159 cm³/mol. The van der Waals surface area contributed by atoms with Gasteiger partial charge >= 0.3 is 0 Å². The number of thiophene rings is 1. The number of aliphatic hydroxyl groups is 1. The average molecular weight is 549 g/mol. The van der Waals surface area contributed by atoms with Gasteiger partial charge in [-0.25, -0.2) is 9.97 Å². The summed E-state index contributed by atoms with van der Waals surface area (Å²) < 4.78 is 8.12. The molecule has 2 aliphatic rings. The summed E-state index contributed by atoms with van der Waals surface area (Å²) in [6.07, 6.45) is 6.44. The molecule has 0 aliphatic carbocycles. The Morgan fingerprint density at radius 2 is 1.82 bits per heavy atom. The predicted octanol–water partition coefficient (Wildman–Crippen LogP) is 6.26. The Kier molecular flexibility index (Phi) is 6.93. The van der Waals surface area contributed by atoms with Gasteiger partial charge in [0.1, 0.15) is 24.3 Å². The van der Waals surface area contributed by atoms with Gasteiger partial charge in [-0.3, -0.25) is 0 Å². The van der Waals surface area contributed by atoms with Gasteiger partial charge in [0.2, 0.25) is 0 Å². The maximum atomic E-state index is 10.8. The number of fused-ring (bicyclic) bond motifs is 3. The lowest BCUT2D eigenvalue weighted by Gasteiger charge is -2.30. The molecular formula is C33H32N4O2S. The molecule has 0 amide bonds. The third kappa shape index (κ3) is 5.08. The molecule has 2 aliphatic heterocycles. The standard InChI is InChI=1S/C33H32N4O2S/c38-30-21-37-19-15-34-33(37)31(28-14-20-40-32(28)30)25-12-17-36(18-13-25)16-11-23-5-9-27(10-6-23)39-22-26-8-7-24-3-1-2-4-29(24)35-26/h1-10,14-15,19-20,30,38H,11-13,16-18,21-22H2. The molecule has 2 aromatic carbocycles. The maximum Gasteiger partial charge on any atom is 0.140 e. The fourth-order valence-electron chi connectivity index (χ4n) is 5.89. The maximum absolute atomic E-state index is 10.8. The van der Waals surface area contributed by atoms with Gasteiger partial charge < -0.3 is 19.3 Å². The highest BCUT2D eigenvalue weighted by Crippen LogP contribution is 2.40. The Morgan fingerprint density at radius 3 is 2.70 bits per heavy atom. The van der Waals surface area contributed by atoms with E-state index in [0.29, 0.717) is 13.2 Å². The van der Waals surface area contributed by atoms with Crippen LogP contribution in [0, 0.1) is 0 Å². The number of nitrogens with zero attached hydrogens (tertiary/aromatic N) is 4. The van der Waals surface area contributed by atoms with Crippen molar-refractivity contribution in [3.05, 3.63) is 118 Å². The van der Waals surface area contributed by atoms with Crippen LogP contribution in [0.1, 0.15) is 46.5 Å². The number of likely N-dealkylation sites (tertiary alicyclic amines) is 1. The zero-order valence-electron chi connectivity index (χ0n) is 22.4. The minimum absolute atomic E-state index is 0.460. The fraction of sp³-hybridized carbons (Fsp3) is 0.273. The van der Waals surface area contributed by atoms with Crippen molar-refractivity contribution in [2.24, 2.45) is 0 Å². The van der Waals surface area contributed by atoms with Gasteiger partial charge in [0.15, 0.2) is 0 Å². The minimum atomic E-state index is -0.478. The molecule has 40 heavy (non-hydrogen) atoms. The first-order valence-electron chi connectivity index (χ1n) is 14.0. The molecule has 0 bridgehead atoms. The first-order chi connectivity index (χ1) is 19.7. The molecule has 6 nitrogen and oxygen atoms in total. The van der Waals surface area contributed by atoms with Crippen LogP contribution in [0.2, 0.25) is 0 Å². The number of aliphatic hydroxyl groups excluding tert-OH is 1. The van der Waals surface area contributed by atoms with Crippen molar-refractivity contribution in [3.8, 4) is 5.75 Å². The second-order valence-electron chi connectivity index (χ2n) is 10.6. The van der Waals surface area contributed by atoms with E-state index in [1.165, 1.54) is 22.3 Å². The van der Waals surface area contributed by atoms with E-state index in [-0.39, 0.29) is 0 Å². The van der Waals surface area contributed by atoms with Crippen molar-refractivity contribution in [2.45, 2.75) is 38.5 Å². The summed E-state index contributed by atoms with van der Waals surface area (Å²) in [5, 5.41) is 14.0. The molecule has 0 radical (unpaired) electrons. The van der Waals surface area contributed by atoms with Crippen LogP contribution < -0.4 is 4.74 Å². The summed E-state index contributed by atoms with van der Waals surface area (Å²) in [7, 11) is 0. The highest BCUT2D eigenvalue weighted by molar-refractivity contribution is 7.10. The lowest BCUT2D eigenvalue weighted by atomic mass is 9.92. The summed E-state index contributed by atoms with van der Waals surface area (Å²) in [6.45, 7) is 4.15. The SMILES string of the molecule is OC1Cn2ccnc2C(=C2CCN(CCc3ccc(OCc4ccc5ccccc5n4)cc3)CC2)c2ccsc21. The molecule has 5 heterocycles. The number of imidazole rings is 1. The molecule has 5 aromatic rings. The smallest absolute Gasteiger partial charge is 0.140 e. The third-order valence-corrected chi connectivity index (χ3v) is 9.09. The topological polar surface area (TPSA) is 63.4 Å². The van der Waals surface area contributed by atoms with Gasteiger partial charge in [0.25, 0.3) is 0 Å². The van der Waals surface area contributed by atoms with Crippen LogP contribution in [0.25, 0.3) is 16.5 Å². The second-order valence-corrected chi connectivity index (χ2v) is 11.6. The summed E-state index contributed by atoms with van der Waals surface area (Å²) in [4.78, 5) is 13.0. The summed E-state index contributed by atoms with van der Waals surface area (Å²) >= 11 is 1.65. The second kappa shape index (κ2) is 11.0. The van der Waals surface area contributed by atoms with E-state index in [0.717, 1.165) is 71.9 Å². The lowest BCUT2D eigenvalue weighted by Crippen LogP contribution is -2.33. The van der Waals surface area contributed by atoms with Gasteiger partial charge in [-0.2, -0.15) is 0 Å². The number of pyridine rings is 1. The van der Waals surface area contributed by atoms with Gasteiger partial charge in [-0.15, -0.1) is 11.3 Å². The zero-order chi connectivity index (χ0) is 26.9. The van der Waals surface area contributed by atoms with E-state index in [1.807, 2.05) is 36.7 Å². The monoisotopic (exact) mass is 548 g/mol. The van der Waals surface area contributed by atoms with Crippen LogP contribution >= 0.6 is 11.3 Å². The first-order valence-corrected chi connectivity index (χ1v) is 14.9. The van der Waals surface area contributed by atoms with Crippen LogP contribution in [-0.2, 0) is 19.6 Å². The molecular weight excluding hydrogens is 516 g/mol. The van der Waals surface area contributed by atoms with Crippen molar-refractivity contribution in [2.75, 3.05) is 19.6 Å². The highest BCUT2D eigenvalue weighted by Gasteiger charge is 2.29. The number of hydrogen-bond acceptors (Lipinski definition) is 6. The normalized spacial score (nSPS) is 17.5. The van der Waals surface area contributed by atoms with Crippen molar-refractivity contribution in [1.82, 2.24) is 19.4 Å². The molecule has 7 rings (SSSR count). The zero-order valence-corrected chi connectivity index (χ0v) is 23.2. The largest absolute Gasteiger partial charge is 0.487 e. The Morgan fingerprint density at radius 1 is 0.975 bits per heavy atom. The van der Waals surface area contributed by atoms with E-state index >= 15 is 0 Å². The molecule has 202 valence electrons. The minimum Gasteiger partial charge on any atom is -0.487 e. The Balaban J connectivity index is 0.954. The number of hydrogen-bond donors (Lipinski definition) is 1. The van der Waals surface area contributed by atoms with Gasteiger partial charge in [-0.05, 0) is 60.5 Å². The van der Waals surface area contributed by atoms with Crippen LogP contribution in [0.5, 0.6) is 5.75 Å². The number of benzene rings is 2. The van der Waals surface area contributed by atoms with Crippen molar-refractivity contribution >= 4 is 27.8 Å². The van der Waals surface area contributed by atoms with E-state index in [2.05, 4.69) is 57.3 Å². The van der Waals surface area contributed by atoms with Crippen molar-refractivity contribution < 1.29 is 9.84 Å². The van der Waals surface area contributed by atoms with Crippen molar-refractivity contribution in [1.29, 1.82) is 0 Å². The Hall–Kier alpha value is -3.78. The van der Waals surface area contributed by atoms with Gasteiger partial charge in [0.05, 0.1) is 17.8 Å².